The highest BCUT2D eigenvalue weighted by molar-refractivity contribution is 9.10. The third-order valence-electron chi connectivity index (χ3n) is 3.86. The van der Waals surface area contributed by atoms with Crippen molar-refractivity contribution in [1.29, 1.82) is 0 Å². The molecule has 2 N–H and O–H groups in total. The molecule has 0 unspecified atom stereocenters. The van der Waals surface area contributed by atoms with E-state index in [4.69, 9.17) is 0 Å². The molecule has 8 nitrogen and oxygen atoms in total. The van der Waals surface area contributed by atoms with Crippen LogP contribution in [0.2, 0.25) is 0 Å². The van der Waals surface area contributed by atoms with E-state index < -0.39 is 11.0 Å². The van der Waals surface area contributed by atoms with Crippen molar-refractivity contribution in [2.24, 2.45) is 0 Å². The zero-order valence-corrected chi connectivity index (χ0v) is 13.5. The van der Waals surface area contributed by atoms with Gasteiger partial charge in [-0.3, -0.25) is 15.0 Å². The fraction of sp³-hybridized carbons (Fsp3) is 0.286. The van der Waals surface area contributed by atoms with Crippen molar-refractivity contribution in [2.45, 2.75) is 18.9 Å². The third-order valence-corrected chi connectivity index (χ3v) is 4.50. The van der Waals surface area contributed by atoms with Crippen LogP contribution in [0.5, 0.6) is 0 Å². The van der Waals surface area contributed by atoms with E-state index in [1.165, 1.54) is 11.0 Å². The van der Waals surface area contributed by atoms with E-state index >= 15 is 0 Å². The number of aromatic nitrogens is 2. The predicted octanol–water partition coefficient (Wildman–Crippen LogP) is 3.56. The highest BCUT2D eigenvalue weighted by Crippen LogP contribution is 2.33. The molecule has 0 bridgehead atoms. The van der Waals surface area contributed by atoms with E-state index in [1.54, 1.807) is 18.3 Å². The van der Waals surface area contributed by atoms with Crippen LogP contribution in [0.1, 0.15) is 24.7 Å². The second-order valence-electron chi connectivity index (χ2n) is 5.24. The number of aromatic amines is 1. The minimum atomic E-state index is -0.955. The van der Waals surface area contributed by atoms with Gasteiger partial charge in [-0.15, -0.1) is 0 Å². The fourth-order valence-corrected chi connectivity index (χ4v) is 3.28. The van der Waals surface area contributed by atoms with Gasteiger partial charge in [0.1, 0.15) is 5.82 Å². The van der Waals surface area contributed by atoms with Crippen LogP contribution in [0.4, 0.5) is 10.5 Å². The summed E-state index contributed by atoms with van der Waals surface area (Å²) in [5.41, 5.74) is 1.41. The van der Waals surface area contributed by atoms with Crippen LogP contribution >= 0.6 is 15.9 Å². The molecule has 2 heterocycles. The molecular formula is C14H13BrN4O4. The summed E-state index contributed by atoms with van der Waals surface area (Å²) in [4.78, 5) is 30.4. The minimum absolute atomic E-state index is 0.0127. The van der Waals surface area contributed by atoms with Gasteiger partial charge >= 0.3 is 6.09 Å². The minimum Gasteiger partial charge on any atom is -0.465 e. The maximum Gasteiger partial charge on any atom is 0.407 e. The standard InChI is InChI=1S/C14H13BrN4O4/c15-9-6-8(3-4-11(9)19(22)23)10-7-16-13(17-10)12-2-1-5-18(12)14(20)21/h3-4,6-7,12H,1-2,5H2,(H,16,17)(H,20,21)/t12-/m0/s1. The fourth-order valence-electron chi connectivity index (χ4n) is 2.76. The first-order valence-corrected chi connectivity index (χ1v) is 7.75. The molecule has 1 aliphatic rings. The number of nitro groups is 1. The van der Waals surface area contributed by atoms with E-state index in [9.17, 15) is 20.0 Å². The predicted molar refractivity (Wildman–Crippen MR) is 85.1 cm³/mol. The molecule has 1 aromatic carbocycles. The summed E-state index contributed by atoms with van der Waals surface area (Å²) in [5, 5.41) is 20.0. The van der Waals surface area contributed by atoms with Crippen molar-refractivity contribution in [3.05, 3.63) is 44.8 Å². The van der Waals surface area contributed by atoms with E-state index in [2.05, 4.69) is 25.9 Å². The van der Waals surface area contributed by atoms with Crippen LogP contribution in [-0.2, 0) is 0 Å². The van der Waals surface area contributed by atoms with Gasteiger partial charge in [0, 0.05) is 18.2 Å². The summed E-state index contributed by atoms with van der Waals surface area (Å²) >= 11 is 3.18. The molecule has 0 spiro atoms. The quantitative estimate of drug-likeness (QED) is 0.624. The van der Waals surface area contributed by atoms with Crippen LogP contribution in [-0.4, -0.2) is 37.5 Å². The van der Waals surface area contributed by atoms with Crippen molar-refractivity contribution in [1.82, 2.24) is 14.9 Å². The Morgan fingerprint density at radius 1 is 1.52 bits per heavy atom. The highest BCUT2D eigenvalue weighted by atomic mass is 79.9. The SMILES string of the molecule is O=C(O)N1CCC[C@H]1c1ncc(-c2ccc([N+](=O)[O-])c(Br)c2)[nH]1. The van der Waals surface area contributed by atoms with Crippen LogP contribution in [0.3, 0.4) is 0 Å². The number of nitrogens with zero attached hydrogens (tertiary/aromatic N) is 3. The Labute approximate surface area is 139 Å². The molecule has 120 valence electrons. The van der Waals surface area contributed by atoms with Crippen LogP contribution in [0.25, 0.3) is 11.3 Å². The van der Waals surface area contributed by atoms with E-state index in [0.29, 0.717) is 22.5 Å². The maximum absolute atomic E-state index is 11.2. The van der Waals surface area contributed by atoms with Crippen molar-refractivity contribution in [3.8, 4) is 11.3 Å². The molecule has 1 aliphatic heterocycles. The number of carbonyl (C=O) groups is 1. The smallest absolute Gasteiger partial charge is 0.407 e. The number of nitrogens with one attached hydrogen (secondary N) is 1. The summed E-state index contributed by atoms with van der Waals surface area (Å²) < 4.78 is 0.379. The van der Waals surface area contributed by atoms with Crippen LogP contribution in [0.15, 0.2) is 28.9 Å². The molecule has 3 rings (SSSR count). The summed E-state index contributed by atoms with van der Waals surface area (Å²) in [6, 6.07) is 4.41. The van der Waals surface area contributed by atoms with Gasteiger partial charge < -0.3 is 10.1 Å². The Hall–Kier alpha value is -2.42. The lowest BCUT2D eigenvalue weighted by Gasteiger charge is -2.19. The first-order chi connectivity index (χ1) is 11.0. The number of rotatable bonds is 3. The average molecular weight is 381 g/mol. The van der Waals surface area contributed by atoms with Crippen molar-refractivity contribution in [3.63, 3.8) is 0 Å². The molecule has 1 amide bonds. The summed E-state index contributed by atoms with van der Waals surface area (Å²) in [5.74, 6) is 0.592. The number of benzene rings is 1. The molecule has 1 fully saturated rings. The lowest BCUT2D eigenvalue weighted by atomic mass is 10.1. The van der Waals surface area contributed by atoms with Gasteiger partial charge in [0.05, 0.1) is 27.3 Å². The van der Waals surface area contributed by atoms with Gasteiger partial charge in [0.2, 0.25) is 0 Å². The second-order valence-corrected chi connectivity index (χ2v) is 6.09. The maximum atomic E-state index is 11.2. The molecule has 1 aromatic heterocycles. The van der Waals surface area contributed by atoms with E-state index in [1.807, 2.05) is 0 Å². The Balaban J connectivity index is 1.89. The summed E-state index contributed by atoms with van der Waals surface area (Å²) in [7, 11) is 0. The van der Waals surface area contributed by atoms with Gasteiger partial charge in [0.15, 0.2) is 0 Å². The van der Waals surface area contributed by atoms with Crippen LogP contribution < -0.4 is 0 Å². The first kappa shape index (κ1) is 15.5. The zero-order chi connectivity index (χ0) is 16.6. The van der Waals surface area contributed by atoms with E-state index in [0.717, 1.165) is 18.4 Å². The zero-order valence-electron chi connectivity index (χ0n) is 11.9. The Bertz CT molecular complexity index is 776. The number of H-pyrrole nitrogens is 1. The average Bonchev–Trinajstić information content (AvgIpc) is 3.15. The first-order valence-electron chi connectivity index (χ1n) is 6.96. The molecule has 1 atom stereocenters. The number of hydrogen-bond donors (Lipinski definition) is 2. The Kier molecular flexibility index (Phi) is 4.03. The molecule has 0 saturated carbocycles. The number of carboxylic acid groups (broad SMARTS) is 1. The van der Waals surface area contributed by atoms with Gasteiger partial charge in [-0.1, -0.05) is 0 Å². The van der Waals surface area contributed by atoms with Crippen molar-refractivity contribution >= 4 is 27.7 Å². The number of imidazole rings is 1. The number of halogens is 1. The van der Waals surface area contributed by atoms with Crippen molar-refractivity contribution < 1.29 is 14.8 Å². The number of nitro benzene ring substituents is 1. The Morgan fingerprint density at radius 3 is 2.96 bits per heavy atom. The Morgan fingerprint density at radius 2 is 2.30 bits per heavy atom. The summed E-state index contributed by atoms with van der Waals surface area (Å²) in [6.07, 6.45) is 2.18. The third kappa shape index (κ3) is 2.91. The number of likely N-dealkylation sites (tertiary alicyclic amines) is 1. The van der Waals surface area contributed by atoms with Gasteiger partial charge in [-0.2, -0.15) is 0 Å². The molecular weight excluding hydrogens is 368 g/mol. The molecule has 9 heteroatoms. The normalized spacial score (nSPS) is 17.4. The van der Waals surface area contributed by atoms with Crippen molar-refractivity contribution in [2.75, 3.05) is 6.54 Å². The lowest BCUT2D eigenvalue weighted by molar-refractivity contribution is -0.385. The molecule has 0 aliphatic carbocycles. The monoisotopic (exact) mass is 380 g/mol. The molecule has 0 radical (unpaired) electrons. The highest BCUT2D eigenvalue weighted by Gasteiger charge is 2.31. The summed E-state index contributed by atoms with van der Waals surface area (Å²) in [6.45, 7) is 0.499. The number of amides is 1. The van der Waals surface area contributed by atoms with Gasteiger partial charge in [0.25, 0.3) is 5.69 Å². The van der Waals surface area contributed by atoms with Crippen LogP contribution in [0, 0.1) is 10.1 Å². The molecule has 23 heavy (non-hydrogen) atoms. The second kappa shape index (κ2) is 5.99. The van der Waals surface area contributed by atoms with E-state index in [-0.39, 0.29) is 11.7 Å². The van der Waals surface area contributed by atoms with Gasteiger partial charge in [-0.05, 0) is 40.9 Å². The topological polar surface area (TPSA) is 112 Å². The molecule has 2 aromatic rings. The lowest BCUT2D eigenvalue weighted by Crippen LogP contribution is -2.29. The molecule has 1 saturated heterocycles. The van der Waals surface area contributed by atoms with Gasteiger partial charge in [-0.25, -0.2) is 9.78 Å². The number of hydrogen-bond acceptors (Lipinski definition) is 4. The largest absolute Gasteiger partial charge is 0.465 e.